The summed E-state index contributed by atoms with van der Waals surface area (Å²) in [6, 6.07) is 3.97. The third-order valence-electron chi connectivity index (χ3n) is 6.31. The number of fused-ring (bicyclic) bond motifs is 1. The van der Waals surface area contributed by atoms with Gasteiger partial charge in [0.05, 0.1) is 23.6 Å². The summed E-state index contributed by atoms with van der Waals surface area (Å²) in [6.45, 7) is 12.5. The number of amides is 2. The maximum absolute atomic E-state index is 12.9. The van der Waals surface area contributed by atoms with Crippen molar-refractivity contribution < 1.29 is 14.3 Å². The van der Waals surface area contributed by atoms with E-state index in [2.05, 4.69) is 52.9 Å². The molecule has 0 aliphatic heterocycles. The van der Waals surface area contributed by atoms with Crippen molar-refractivity contribution in [3.05, 3.63) is 35.9 Å². The van der Waals surface area contributed by atoms with Gasteiger partial charge in [0.25, 0.3) is 5.91 Å². The molecule has 0 bridgehead atoms. The molecule has 3 aromatic heterocycles. The number of nitrogens with one attached hydrogen (secondary N) is 3. The summed E-state index contributed by atoms with van der Waals surface area (Å²) in [6.07, 6.45) is 8.16. The van der Waals surface area contributed by atoms with Crippen LogP contribution in [0.2, 0.25) is 0 Å². The van der Waals surface area contributed by atoms with E-state index < -0.39 is 11.7 Å². The third-order valence-corrected chi connectivity index (χ3v) is 6.31. The van der Waals surface area contributed by atoms with E-state index in [9.17, 15) is 9.59 Å². The number of carbonyl (C=O) groups excluding carboxylic acids is 2. The standard InChI is InChI=1S/C27H40N8O3/c1-26(2,3)35-22(16-19(33-35)18-10-7-8-11-18)32-23-21-12-15-30-34(21)17-20(31-23)24(36)28-13-9-14-29-25(37)38-27(4,5)6/h12,15-18H,7-11,13-14H2,1-6H3,(H,28,36)(H,29,37)(H,31,32). The molecule has 206 valence electrons. The van der Waals surface area contributed by atoms with Gasteiger partial charge in [-0.1, -0.05) is 12.8 Å². The number of nitrogens with zero attached hydrogens (tertiary/aromatic N) is 5. The van der Waals surface area contributed by atoms with E-state index in [-0.39, 0.29) is 17.1 Å². The molecular formula is C27H40N8O3. The summed E-state index contributed by atoms with van der Waals surface area (Å²) < 4.78 is 8.86. The van der Waals surface area contributed by atoms with Crippen LogP contribution in [0.3, 0.4) is 0 Å². The van der Waals surface area contributed by atoms with Gasteiger partial charge in [0.1, 0.15) is 22.6 Å². The van der Waals surface area contributed by atoms with Crippen LogP contribution in [0.15, 0.2) is 24.5 Å². The highest BCUT2D eigenvalue weighted by molar-refractivity contribution is 5.93. The van der Waals surface area contributed by atoms with E-state index >= 15 is 0 Å². The van der Waals surface area contributed by atoms with Crippen molar-refractivity contribution in [3.8, 4) is 0 Å². The maximum atomic E-state index is 12.9. The van der Waals surface area contributed by atoms with Gasteiger partial charge in [-0.25, -0.2) is 19.0 Å². The van der Waals surface area contributed by atoms with Crippen molar-refractivity contribution in [1.29, 1.82) is 0 Å². The zero-order valence-corrected chi connectivity index (χ0v) is 23.3. The highest BCUT2D eigenvalue weighted by Gasteiger charge is 2.26. The van der Waals surface area contributed by atoms with Crippen LogP contribution in [0.1, 0.15) is 95.7 Å². The molecular weight excluding hydrogens is 484 g/mol. The molecule has 1 aliphatic rings. The van der Waals surface area contributed by atoms with E-state index in [0.717, 1.165) is 29.9 Å². The Morgan fingerprint density at radius 2 is 1.79 bits per heavy atom. The fourth-order valence-electron chi connectivity index (χ4n) is 4.56. The van der Waals surface area contributed by atoms with E-state index in [0.29, 0.717) is 31.2 Å². The predicted molar refractivity (Wildman–Crippen MR) is 146 cm³/mol. The van der Waals surface area contributed by atoms with Crippen molar-refractivity contribution in [2.24, 2.45) is 0 Å². The molecule has 1 fully saturated rings. The molecule has 3 aromatic rings. The number of hydrogen-bond donors (Lipinski definition) is 3. The Labute approximate surface area is 223 Å². The van der Waals surface area contributed by atoms with Crippen LogP contribution in [-0.2, 0) is 10.3 Å². The SMILES string of the molecule is CC(C)(C)OC(=O)NCCCNC(=O)c1cn2nccc2c(Nc2cc(C3CCCC3)nn2C(C)(C)C)n1. The molecule has 3 heterocycles. The third kappa shape index (κ3) is 6.81. The minimum atomic E-state index is -0.552. The first-order valence-electron chi connectivity index (χ1n) is 13.4. The lowest BCUT2D eigenvalue weighted by Gasteiger charge is -2.23. The monoisotopic (exact) mass is 524 g/mol. The second kappa shape index (κ2) is 11.0. The quantitative estimate of drug-likeness (QED) is 0.364. The Hall–Kier alpha value is -3.63. The van der Waals surface area contributed by atoms with Crippen LogP contribution < -0.4 is 16.0 Å². The average molecular weight is 525 g/mol. The molecule has 0 unspecified atom stereocenters. The molecule has 0 aromatic carbocycles. The van der Waals surface area contributed by atoms with Gasteiger partial charge in [-0.2, -0.15) is 10.2 Å². The largest absolute Gasteiger partial charge is 0.444 e. The van der Waals surface area contributed by atoms with Gasteiger partial charge in [-0.05, 0) is 66.9 Å². The Kier molecular flexibility index (Phi) is 7.94. The predicted octanol–water partition coefficient (Wildman–Crippen LogP) is 4.73. The number of aromatic nitrogens is 5. The summed E-state index contributed by atoms with van der Waals surface area (Å²) >= 11 is 0. The molecule has 1 aliphatic carbocycles. The number of anilines is 2. The van der Waals surface area contributed by atoms with Crippen LogP contribution in [0.4, 0.5) is 16.4 Å². The smallest absolute Gasteiger partial charge is 0.407 e. The van der Waals surface area contributed by atoms with Crippen molar-refractivity contribution in [2.75, 3.05) is 18.4 Å². The second-order valence-electron chi connectivity index (χ2n) is 11.8. The first-order valence-corrected chi connectivity index (χ1v) is 13.4. The summed E-state index contributed by atoms with van der Waals surface area (Å²) in [4.78, 5) is 29.4. The van der Waals surface area contributed by atoms with Crippen LogP contribution >= 0.6 is 0 Å². The average Bonchev–Trinajstić information content (AvgIpc) is 3.57. The van der Waals surface area contributed by atoms with Gasteiger partial charge in [0.15, 0.2) is 5.82 Å². The molecule has 2 amide bonds. The first-order chi connectivity index (χ1) is 17.9. The fourth-order valence-corrected chi connectivity index (χ4v) is 4.56. The minimum Gasteiger partial charge on any atom is -0.444 e. The molecule has 11 nitrogen and oxygen atoms in total. The van der Waals surface area contributed by atoms with Gasteiger partial charge >= 0.3 is 6.09 Å². The normalized spacial score (nSPS) is 14.6. The van der Waals surface area contributed by atoms with Crippen LogP contribution in [-0.4, -0.2) is 55.1 Å². The molecule has 0 radical (unpaired) electrons. The lowest BCUT2D eigenvalue weighted by molar-refractivity contribution is 0.0527. The van der Waals surface area contributed by atoms with E-state index in [1.807, 2.05) is 31.5 Å². The van der Waals surface area contributed by atoms with Crippen molar-refractivity contribution >= 4 is 29.2 Å². The summed E-state index contributed by atoms with van der Waals surface area (Å²) in [5.41, 5.74) is 1.30. The lowest BCUT2D eigenvalue weighted by Crippen LogP contribution is -2.34. The number of rotatable bonds is 8. The molecule has 38 heavy (non-hydrogen) atoms. The first kappa shape index (κ1) is 27.4. The molecule has 4 rings (SSSR count). The highest BCUT2D eigenvalue weighted by Crippen LogP contribution is 2.36. The zero-order valence-electron chi connectivity index (χ0n) is 23.3. The molecule has 0 spiro atoms. The number of alkyl carbamates (subject to hydrolysis) is 1. The van der Waals surface area contributed by atoms with Gasteiger partial charge in [0, 0.05) is 25.1 Å². The topological polar surface area (TPSA) is 127 Å². The Bertz CT molecular complexity index is 1280. The number of carbonyl (C=O) groups is 2. The van der Waals surface area contributed by atoms with E-state index in [4.69, 9.17) is 9.84 Å². The highest BCUT2D eigenvalue weighted by atomic mass is 16.6. The molecule has 0 saturated heterocycles. The molecule has 11 heteroatoms. The Balaban J connectivity index is 1.46. The van der Waals surface area contributed by atoms with Crippen molar-refractivity contribution in [2.45, 2.75) is 90.7 Å². The summed E-state index contributed by atoms with van der Waals surface area (Å²) in [5.74, 6) is 1.52. The molecule has 0 atom stereocenters. The molecule has 1 saturated carbocycles. The van der Waals surface area contributed by atoms with Gasteiger partial charge in [-0.15, -0.1) is 0 Å². The van der Waals surface area contributed by atoms with Gasteiger partial charge in [-0.3, -0.25) is 4.79 Å². The second-order valence-corrected chi connectivity index (χ2v) is 11.8. The van der Waals surface area contributed by atoms with Crippen LogP contribution in [0, 0.1) is 0 Å². The van der Waals surface area contributed by atoms with Crippen molar-refractivity contribution in [1.82, 2.24) is 35.0 Å². The Morgan fingerprint density at radius 1 is 1.08 bits per heavy atom. The van der Waals surface area contributed by atoms with Gasteiger partial charge < -0.3 is 20.7 Å². The minimum absolute atomic E-state index is 0.238. The molecule has 3 N–H and O–H groups in total. The summed E-state index contributed by atoms with van der Waals surface area (Å²) in [5, 5.41) is 18.3. The van der Waals surface area contributed by atoms with E-state index in [1.165, 1.54) is 12.8 Å². The Morgan fingerprint density at radius 3 is 2.47 bits per heavy atom. The van der Waals surface area contributed by atoms with Gasteiger partial charge in [0.2, 0.25) is 0 Å². The number of hydrogen-bond acceptors (Lipinski definition) is 7. The van der Waals surface area contributed by atoms with Crippen LogP contribution in [0.5, 0.6) is 0 Å². The number of ether oxygens (including phenoxy) is 1. The summed E-state index contributed by atoms with van der Waals surface area (Å²) in [7, 11) is 0. The lowest BCUT2D eigenvalue weighted by atomic mass is 10.0. The van der Waals surface area contributed by atoms with E-state index in [1.54, 1.807) is 16.9 Å². The van der Waals surface area contributed by atoms with Crippen LogP contribution in [0.25, 0.3) is 5.52 Å². The van der Waals surface area contributed by atoms with Crippen molar-refractivity contribution in [3.63, 3.8) is 0 Å². The fraction of sp³-hybridized carbons (Fsp3) is 0.593. The maximum Gasteiger partial charge on any atom is 0.407 e. The zero-order chi connectivity index (χ0) is 27.5.